The molecule has 190 valence electrons. The van der Waals surface area contributed by atoms with E-state index >= 15 is 0 Å². The second-order valence-electron chi connectivity index (χ2n) is 10.0. The number of fused-ring (bicyclic) bond motifs is 1. The zero-order valence-electron chi connectivity index (χ0n) is 21.7. The van der Waals surface area contributed by atoms with Crippen LogP contribution in [0.5, 0.6) is 5.88 Å². The average molecular weight is 492 g/mol. The summed E-state index contributed by atoms with van der Waals surface area (Å²) in [5.41, 5.74) is 1.97. The normalized spacial score (nSPS) is 21.7. The fourth-order valence-corrected chi connectivity index (χ4v) is 5.10. The topological polar surface area (TPSA) is 93.3 Å². The molecule has 9 heteroatoms. The van der Waals surface area contributed by atoms with Crippen LogP contribution < -0.4 is 4.74 Å². The Kier molecular flexibility index (Phi) is 7.07. The number of amides is 1. The van der Waals surface area contributed by atoms with Crippen LogP contribution in [0.1, 0.15) is 56.5 Å². The summed E-state index contributed by atoms with van der Waals surface area (Å²) < 4.78 is 13.0. The van der Waals surface area contributed by atoms with E-state index in [1.54, 1.807) is 7.05 Å². The van der Waals surface area contributed by atoms with Crippen molar-refractivity contribution >= 4 is 23.4 Å². The molecule has 1 N–H and O–H groups in total. The van der Waals surface area contributed by atoms with Crippen molar-refractivity contribution in [2.24, 2.45) is 17.8 Å². The third kappa shape index (κ3) is 4.68. The quantitative estimate of drug-likeness (QED) is 0.356. The molecule has 0 saturated heterocycles. The molecule has 1 aliphatic carbocycles. The molecule has 1 fully saturated rings. The highest BCUT2D eigenvalue weighted by Crippen LogP contribution is 2.41. The number of carbonyl (C=O) groups excluding carboxylic acids is 2. The molecule has 1 aliphatic rings. The molecule has 2 heterocycles. The number of benzene rings is 1. The van der Waals surface area contributed by atoms with Gasteiger partial charge < -0.3 is 14.4 Å². The second kappa shape index (κ2) is 10.1. The highest BCUT2D eigenvalue weighted by atomic mass is 16.6. The lowest BCUT2D eigenvalue weighted by molar-refractivity contribution is -0.0249. The van der Waals surface area contributed by atoms with E-state index in [9.17, 15) is 9.59 Å². The minimum atomic E-state index is -0.642. The van der Waals surface area contributed by atoms with Gasteiger partial charge in [-0.1, -0.05) is 50.6 Å². The number of esters is 1. The van der Waals surface area contributed by atoms with Gasteiger partial charge >= 0.3 is 12.1 Å². The van der Waals surface area contributed by atoms with Crippen LogP contribution in [0.4, 0.5) is 10.5 Å². The number of aromatic amines is 1. The molecule has 2 aromatic heterocycles. The van der Waals surface area contributed by atoms with Crippen LogP contribution in [0.2, 0.25) is 0 Å². The van der Waals surface area contributed by atoms with Crippen molar-refractivity contribution in [2.45, 2.75) is 53.6 Å². The predicted molar refractivity (Wildman–Crippen MR) is 136 cm³/mol. The standard InChI is InChI=1S/C27H33N5O4/c1-8-31(7)27(34)36-25-21(28-6)20(26(33)35-22-17(4)13-16(3)14-18(22)5)24-29-23(30-32(24)25)19-11-9-15(2)10-12-19/h9-12,16-18,22H,8,13-14H2,1-5,7H3,(H,29,30). The van der Waals surface area contributed by atoms with Gasteiger partial charge in [0.1, 0.15) is 11.7 Å². The van der Waals surface area contributed by atoms with Crippen molar-refractivity contribution in [1.82, 2.24) is 19.5 Å². The molecule has 1 amide bonds. The molecule has 2 atom stereocenters. The number of nitrogens with one attached hydrogen (secondary N) is 1. The fraction of sp³-hybridized carbons (Fsp3) is 0.481. The number of nitrogens with zero attached hydrogens (tertiary/aromatic N) is 4. The maximum absolute atomic E-state index is 13.6. The number of hydrogen-bond acceptors (Lipinski definition) is 5. The van der Waals surface area contributed by atoms with E-state index in [0.717, 1.165) is 24.0 Å². The maximum Gasteiger partial charge on any atom is 0.415 e. The second-order valence-corrected chi connectivity index (χ2v) is 10.0. The fourth-order valence-electron chi connectivity index (χ4n) is 5.10. The Hall–Kier alpha value is -3.80. The van der Waals surface area contributed by atoms with Gasteiger partial charge in [-0.15, -0.1) is 0 Å². The molecule has 3 aromatic rings. The highest BCUT2D eigenvalue weighted by Gasteiger charge is 2.37. The molecule has 0 bridgehead atoms. The van der Waals surface area contributed by atoms with Gasteiger partial charge in [-0.3, -0.25) is 5.10 Å². The Morgan fingerprint density at radius 2 is 1.83 bits per heavy atom. The minimum Gasteiger partial charge on any atom is -0.459 e. The Morgan fingerprint density at radius 1 is 1.19 bits per heavy atom. The summed E-state index contributed by atoms with van der Waals surface area (Å²) in [4.78, 5) is 35.8. The van der Waals surface area contributed by atoms with Gasteiger partial charge in [0.2, 0.25) is 5.88 Å². The lowest BCUT2D eigenvalue weighted by Gasteiger charge is -2.37. The zero-order valence-corrected chi connectivity index (χ0v) is 21.7. The summed E-state index contributed by atoms with van der Waals surface area (Å²) in [5, 5.41) is 3.10. The molecular weight excluding hydrogens is 458 g/mol. The molecule has 36 heavy (non-hydrogen) atoms. The van der Waals surface area contributed by atoms with E-state index in [2.05, 4.69) is 35.7 Å². The molecule has 0 aliphatic heterocycles. The largest absolute Gasteiger partial charge is 0.459 e. The van der Waals surface area contributed by atoms with Crippen molar-refractivity contribution in [2.75, 3.05) is 13.6 Å². The molecule has 4 rings (SSSR count). The van der Waals surface area contributed by atoms with Crippen molar-refractivity contribution in [3.63, 3.8) is 0 Å². The molecule has 0 spiro atoms. The average Bonchev–Trinajstić information content (AvgIpc) is 3.38. The van der Waals surface area contributed by atoms with Gasteiger partial charge in [0.25, 0.3) is 5.69 Å². The number of carbonyl (C=O) groups is 2. The van der Waals surface area contributed by atoms with E-state index in [-0.39, 0.29) is 40.7 Å². The molecule has 9 nitrogen and oxygen atoms in total. The SMILES string of the molecule is [C-]#[N+]c1c(C(=O)OC2C(C)CC(C)CC2C)c2nc(-c3ccc(C)cc3)[nH]n2c1OC(=O)N(C)CC. The van der Waals surface area contributed by atoms with Crippen LogP contribution in [-0.2, 0) is 4.74 Å². The van der Waals surface area contributed by atoms with Crippen LogP contribution in [0.25, 0.3) is 21.9 Å². The van der Waals surface area contributed by atoms with Gasteiger partial charge in [-0.05, 0) is 44.4 Å². The van der Waals surface area contributed by atoms with Crippen molar-refractivity contribution in [3.8, 4) is 17.3 Å². The van der Waals surface area contributed by atoms with Gasteiger partial charge in [0.05, 0.1) is 6.57 Å². The lowest BCUT2D eigenvalue weighted by Crippen LogP contribution is -2.37. The van der Waals surface area contributed by atoms with E-state index in [1.165, 1.54) is 9.42 Å². The van der Waals surface area contributed by atoms with Gasteiger partial charge in [0, 0.05) is 19.2 Å². The number of hydrogen-bond donors (Lipinski definition) is 1. The predicted octanol–water partition coefficient (Wildman–Crippen LogP) is 5.87. The highest BCUT2D eigenvalue weighted by molar-refractivity contribution is 6.05. The van der Waals surface area contributed by atoms with Crippen molar-refractivity contribution < 1.29 is 19.1 Å². The van der Waals surface area contributed by atoms with Gasteiger partial charge in [0.15, 0.2) is 11.5 Å². The van der Waals surface area contributed by atoms with Gasteiger partial charge in [-0.25, -0.2) is 23.9 Å². The first-order chi connectivity index (χ1) is 17.1. The monoisotopic (exact) mass is 491 g/mol. The summed E-state index contributed by atoms with van der Waals surface area (Å²) in [5.74, 6) is 0.714. The van der Waals surface area contributed by atoms with Crippen LogP contribution in [0.15, 0.2) is 24.3 Å². The third-order valence-electron chi connectivity index (χ3n) is 7.04. The first kappa shape index (κ1) is 25.3. The summed E-state index contributed by atoms with van der Waals surface area (Å²) in [6.07, 6.45) is 1.02. The Bertz CT molecular complexity index is 1300. The van der Waals surface area contributed by atoms with E-state index < -0.39 is 12.1 Å². The van der Waals surface area contributed by atoms with E-state index in [1.807, 2.05) is 38.1 Å². The summed E-state index contributed by atoms with van der Waals surface area (Å²) in [6.45, 7) is 18.4. The summed E-state index contributed by atoms with van der Waals surface area (Å²) in [7, 11) is 1.59. The molecule has 2 unspecified atom stereocenters. The minimum absolute atomic E-state index is 0.000384. The lowest BCUT2D eigenvalue weighted by atomic mass is 9.75. The number of rotatable bonds is 5. The van der Waals surface area contributed by atoms with Gasteiger partial charge in [-0.2, -0.15) is 0 Å². The number of aryl methyl sites for hydroxylation is 1. The zero-order chi connectivity index (χ0) is 26.1. The third-order valence-corrected chi connectivity index (χ3v) is 7.04. The molecular formula is C27H33N5O4. The Morgan fingerprint density at radius 3 is 2.42 bits per heavy atom. The molecule has 1 aromatic carbocycles. The summed E-state index contributed by atoms with van der Waals surface area (Å²) in [6, 6.07) is 7.72. The molecule has 0 radical (unpaired) electrons. The number of aromatic nitrogens is 3. The Labute approximate surface area is 211 Å². The van der Waals surface area contributed by atoms with Crippen molar-refractivity contribution in [1.29, 1.82) is 0 Å². The van der Waals surface area contributed by atoms with E-state index in [4.69, 9.17) is 16.0 Å². The van der Waals surface area contributed by atoms with Crippen LogP contribution in [0, 0.1) is 31.2 Å². The maximum atomic E-state index is 13.6. The smallest absolute Gasteiger partial charge is 0.415 e. The van der Waals surface area contributed by atoms with E-state index in [0.29, 0.717) is 18.3 Å². The van der Waals surface area contributed by atoms with Crippen LogP contribution in [-0.4, -0.2) is 51.3 Å². The van der Waals surface area contributed by atoms with Crippen LogP contribution >= 0.6 is 0 Å². The number of H-pyrrole nitrogens is 1. The summed E-state index contributed by atoms with van der Waals surface area (Å²) >= 11 is 0. The van der Waals surface area contributed by atoms with Crippen LogP contribution in [0.3, 0.4) is 0 Å². The first-order valence-electron chi connectivity index (χ1n) is 12.4. The van der Waals surface area contributed by atoms with Crippen molar-refractivity contribution in [3.05, 3.63) is 46.8 Å². The number of ether oxygens (including phenoxy) is 2. The Balaban J connectivity index is 1.81. The molecule has 1 saturated carbocycles. The first-order valence-corrected chi connectivity index (χ1v) is 12.4.